The first-order valence-electron chi connectivity index (χ1n) is 8.10. The second kappa shape index (κ2) is 8.37. The summed E-state index contributed by atoms with van der Waals surface area (Å²) in [6, 6.07) is 13.8. The zero-order valence-electron chi connectivity index (χ0n) is 14.6. The second-order valence-corrected chi connectivity index (χ2v) is 7.49. The van der Waals surface area contributed by atoms with Crippen molar-refractivity contribution in [3.8, 4) is 11.5 Å². The summed E-state index contributed by atoms with van der Waals surface area (Å²) in [6.07, 6.45) is 0. The smallest absolute Gasteiger partial charge is 0.277 e. The molecule has 1 N–H and O–H groups in total. The minimum Gasteiger partial charge on any atom is -0.411 e. The summed E-state index contributed by atoms with van der Waals surface area (Å²) in [5, 5.41) is 11.2. The van der Waals surface area contributed by atoms with Crippen molar-refractivity contribution in [3.63, 3.8) is 0 Å². The van der Waals surface area contributed by atoms with Gasteiger partial charge >= 0.3 is 0 Å². The van der Waals surface area contributed by atoms with Gasteiger partial charge in [0.05, 0.1) is 5.25 Å². The van der Waals surface area contributed by atoms with E-state index in [1.165, 1.54) is 18.7 Å². The molecule has 3 rings (SSSR count). The van der Waals surface area contributed by atoms with Crippen LogP contribution in [0, 0.1) is 0 Å². The van der Waals surface area contributed by atoms with E-state index in [1.54, 1.807) is 55.5 Å². The van der Waals surface area contributed by atoms with Crippen LogP contribution in [0.5, 0.6) is 0 Å². The molecule has 0 fully saturated rings. The molecule has 8 heteroatoms. The normalized spacial score (nSPS) is 11.8. The van der Waals surface area contributed by atoms with Gasteiger partial charge in [0.15, 0.2) is 5.78 Å². The van der Waals surface area contributed by atoms with Crippen LogP contribution < -0.4 is 5.32 Å². The molecule has 1 aromatic heterocycles. The maximum Gasteiger partial charge on any atom is 0.277 e. The molecule has 2 aromatic carbocycles. The van der Waals surface area contributed by atoms with Crippen LogP contribution in [0.1, 0.15) is 24.2 Å². The summed E-state index contributed by atoms with van der Waals surface area (Å²) in [6.45, 7) is 3.21. The Hall–Kier alpha value is -2.64. The number of anilines is 1. The van der Waals surface area contributed by atoms with E-state index in [9.17, 15) is 9.59 Å². The van der Waals surface area contributed by atoms with Crippen LogP contribution in [0.25, 0.3) is 11.5 Å². The van der Waals surface area contributed by atoms with E-state index in [4.69, 9.17) is 16.0 Å². The highest BCUT2D eigenvalue weighted by Crippen LogP contribution is 2.28. The number of Topliss-reactive ketones (excluding diaryl/α,β-unsaturated/α-hetero) is 1. The highest BCUT2D eigenvalue weighted by molar-refractivity contribution is 8.00. The van der Waals surface area contributed by atoms with E-state index in [-0.39, 0.29) is 11.7 Å². The standard InChI is InChI=1S/C19H16ClN3O3S/c1-11(17(25)13-5-9-16(10-6-13)21-12(2)24)27-19-23-22-18(26-19)14-3-7-15(20)8-4-14/h3-11H,1-2H3,(H,21,24). The Balaban J connectivity index is 1.66. The molecule has 1 heterocycles. The molecule has 0 radical (unpaired) electrons. The molecule has 1 atom stereocenters. The first-order valence-corrected chi connectivity index (χ1v) is 9.36. The highest BCUT2D eigenvalue weighted by Gasteiger charge is 2.20. The van der Waals surface area contributed by atoms with Crippen molar-refractivity contribution in [2.45, 2.75) is 24.3 Å². The predicted octanol–water partition coefficient (Wildman–Crippen LogP) is 4.71. The number of carbonyl (C=O) groups is 2. The summed E-state index contributed by atoms with van der Waals surface area (Å²) < 4.78 is 5.63. The lowest BCUT2D eigenvalue weighted by Gasteiger charge is -2.08. The summed E-state index contributed by atoms with van der Waals surface area (Å²) in [5.74, 6) is 0.139. The van der Waals surface area contributed by atoms with Gasteiger partial charge < -0.3 is 9.73 Å². The number of benzene rings is 2. The number of nitrogens with zero attached hydrogens (tertiary/aromatic N) is 2. The van der Waals surface area contributed by atoms with Gasteiger partial charge in [0.1, 0.15) is 0 Å². The molecule has 1 unspecified atom stereocenters. The van der Waals surface area contributed by atoms with Crippen LogP contribution in [0.2, 0.25) is 5.02 Å². The van der Waals surface area contributed by atoms with E-state index in [0.29, 0.717) is 27.4 Å². The van der Waals surface area contributed by atoms with Crippen LogP contribution in [-0.4, -0.2) is 27.1 Å². The minimum absolute atomic E-state index is 0.0689. The van der Waals surface area contributed by atoms with Gasteiger partial charge in [0.2, 0.25) is 11.8 Å². The highest BCUT2D eigenvalue weighted by atomic mass is 35.5. The van der Waals surface area contributed by atoms with Crippen molar-refractivity contribution in [3.05, 3.63) is 59.1 Å². The van der Waals surface area contributed by atoms with Crippen LogP contribution in [0.15, 0.2) is 58.2 Å². The van der Waals surface area contributed by atoms with Crippen LogP contribution in [-0.2, 0) is 4.79 Å². The summed E-state index contributed by atoms with van der Waals surface area (Å²) in [7, 11) is 0. The molecule has 1 amide bonds. The molecule has 3 aromatic rings. The molecule has 0 aliphatic carbocycles. The van der Waals surface area contributed by atoms with E-state index in [1.807, 2.05) is 0 Å². The molecule has 6 nitrogen and oxygen atoms in total. The number of carbonyl (C=O) groups excluding carboxylic acids is 2. The lowest BCUT2D eigenvalue weighted by molar-refractivity contribution is -0.114. The van der Waals surface area contributed by atoms with Crippen molar-refractivity contribution in [1.82, 2.24) is 10.2 Å². The predicted molar refractivity (Wildman–Crippen MR) is 105 cm³/mol. The third-order valence-corrected chi connectivity index (χ3v) is 4.82. The van der Waals surface area contributed by atoms with Crippen molar-refractivity contribution < 1.29 is 14.0 Å². The molecule has 138 valence electrons. The summed E-state index contributed by atoms with van der Waals surface area (Å²) in [4.78, 5) is 23.6. The number of halogens is 1. The number of thioether (sulfide) groups is 1. The molecule has 0 aliphatic rings. The van der Waals surface area contributed by atoms with Gasteiger partial charge in [-0.3, -0.25) is 9.59 Å². The Morgan fingerprint density at radius 1 is 1.07 bits per heavy atom. The molecular weight excluding hydrogens is 386 g/mol. The van der Waals surface area contributed by atoms with Crippen LogP contribution in [0.3, 0.4) is 0 Å². The van der Waals surface area contributed by atoms with Crippen molar-refractivity contribution in [2.24, 2.45) is 0 Å². The van der Waals surface area contributed by atoms with Gasteiger partial charge in [-0.25, -0.2) is 0 Å². The lowest BCUT2D eigenvalue weighted by Crippen LogP contribution is -2.13. The molecule has 0 bridgehead atoms. The van der Waals surface area contributed by atoms with Gasteiger partial charge in [-0.15, -0.1) is 10.2 Å². The lowest BCUT2D eigenvalue weighted by atomic mass is 10.1. The molecule has 0 spiro atoms. The summed E-state index contributed by atoms with van der Waals surface area (Å²) in [5.41, 5.74) is 1.94. The zero-order valence-corrected chi connectivity index (χ0v) is 16.2. The van der Waals surface area contributed by atoms with Gasteiger partial charge in [-0.1, -0.05) is 23.4 Å². The third-order valence-electron chi connectivity index (χ3n) is 3.63. The molecule has 0 aliphatic heterocycles. The number of ketones is 1. The number of aromatic nitrogens is 2. The van der Waals surface area contributed by atoms with Gasteiger partial charge in [-0.2, -0.15) is 0 Å². The number of hydrogen-bond acceptors (Lipinski definition) is 6. The first-order chi connectivity index (χ1) is 12.9. The minimum atomic E-state index is -0.407. The van der Waals surface area contributed by atoms with E-state index < -0.39 is 5.25 Å². The number of hydrogen-bond donors (Lipinski definition) is 1. The Kier molecular flexibility index (Phi) is 5.93. The Morgan fingerprint density at radius 2 is 1.74 bits per heavy atom. The third kappa shape index (κ3) is 4.96. The molecule has 0 saturated heterocycles. The van der Waals surface area contributed by atoms with E-state index in [2.05, 4.69) is 15.5 Å². The van der Waals surface area contributed by atoms with Gasteiger partial charge in [-0.05, 0) is 55.5 Å². The molecular formula is C19H16ClN3O3S. The van der Waals surface area contributed by atoms with Crippen molar-refractivity contribution in [2.75, 3.05) is 5.32 Å². The fourth-order valence-corrected chi connectivity index (χ4v) is 3.21. The van der Waals surface area contributed by atoms with Crippen LogP contribution in [0.4, 0.5) is 5.69 Å². The monoisotopic (exact) mass is 401 g/mol. The fourth-order valence-electron chi connectivity index (χ4n) is 2.33. The maximum atomic E-state index is 12.6. The summed E-state index contributed by atoms with van der Waals surface area (Å²) >= 11 is 7.07. The zero-order chi connectivity index (χ0) is 19.4. The Morgan fingerprint density at radius 3 is 2.37 bits per heavy atom. The van der Waals surface area contributed by atoms with Crippen molar-refractivity contribution in [1.29, 1.82) is 0 Å². The number of amides is 1. The Bertz CT molecular complexity index is 955. The largest absolute Gasteiger partial charge is 0.411 e. The topological polar surface area (TPSA) is 85.1 Å². The first kappa shape index (κ1) is 19.1. The quantitative estimate of drug-likeness (QED) is 0.475. The van der Waals surface area contributed by atoms with E-state index in [0.717, 1.165) is 5.56 Å². The SMILES string of the molecule is CC(=O)Nc1ccc(C(=O)C(C)Sc2nnc(-c3ccc(Cl)cc3)o2)cc1. The number of rotatable bonds is 6. The fraction of sp³-hybridized carbons (Fsp3) is 0.158. The average molecular weight is 402 g/mol. The molecule has 0 saturated carbocycles. The van der Waals surface area contributed by atoms with Gasteiger partial charge in [0, 0.05) is 28.8 Å². The average Bonchev–Trinajstić information content (AvgIpc) is 3.10. The van der Waals surface area contributed by atoms with Crippen molar-refractivity contribution >= 4 is 40.7 Å². The van der Waals surface area contributed by atoms with Gasteiger partial charge in [0.25, 0.3) is 5.22 Å². The number of nitrogens with one attached hydrogen (secondary N) is 1. The maximum absolute atomic E-state index is 12.6. The second-order valence-electron chi connectivity index (χ2n) is 5.76. The Labute approximate surface area is 165 Å². The molecule has 27 heavy (non-hydrogen) atoms. The van der Waals surface area contributed by atoms with Crippen LogP contribution >= 0.6 is 23.4 Å². The van der Waals surface area contributed by atoms with E-state index >= 15 is 0 Å².